The highest BCUT2D eigenvalue weighted by Gasteiger charge is 2.30. The monoisotopic (exact) mass is 273 g/mol. The number of carbonyl (C=O) groups excluding carboxylic acids is 1. The second-order valence-corrected chi connectivity index (χ2v) is 4.75. The lowest BCUT2D eigenvalue weighted by molar-refractivity contribution is 0.0592. The number of carbonyl (C=O) groups is 1. The molecule has 0 bridgehead atoms. The summed E-state index contributed by atoms with van der Waals surface area (Å²) in [6, 6.07) is 3.76. The Labute approximate surface area is 110 Å². The number of benzene rings is 1. The van der Waals surface area contributed by atoms with Gasteiger partial charge in [-0.05, 0) is 31.4 Å². The molecule has 0 spiro atoms. The standard InChI is InChI=1S/C13H14ClF2NO/c14-7-8-17(9-3-1-4-9)13(18)10-5-2-6-11(15)12(10)16/h2,5-6,9H,1,3-4,7-8H2. The van der Waals surface area contributed by atoms with Gasteiger partial charge >= 0.3 is 0 Å². The van der Waals surface area contributed by atoms with E-state index in [1.54, 1.807) is 4.90 Å². The van der Waals surface area contributed by atoms with Crippen LogP contribution in [0.5, 0.6) is 0 Å². The quantitative estimate of drug-likeness (QED) is 0.772. The van der Waals surface area contributed by atoms with Crippen LogP contribution in [0.15, 0.2) is 18.2 Å². The Morgan fingerprint density at radius 1 is 1.39 bits per heavy atom. The second-order valence-electron chi connectivity index (χ2n) is 4.37. The Morgan fingerprint density at radius 3 is 2.67 bits per heavy atom. The fourth-order valence-electron chi connectivity index (χ4n) is 2.06. The Hall–Kier alpha value is -1.16. The van der Waals surface area contributed by atoms with E-state index in [0.717, 1.165) is 25.3 Å². The molecule has 0 heterocycles. The molecular weight excluding hydrogens is 260 g/mol. The zero-order chi connectivity index (χ0) is 13.1. The van der Waals surface area contributed by atoms with Crippen molar-refractivity contribution in [3.8, 4) is 0 Å². The van der Waals surface area contributed by atoms with Crippen molar-refractivity contribution in [1.82, 2.24) is 4.90 Å². The van der Waals surface area contributed by atoms with Crippen molar-refractivity contribution in [2.45, 2.75) is 25.3 Å². The summed E-state index contributed by atoms with van der Waals surface area (Å²) in [5.41, 5.74) is -0.216. The van der Waals surface area contributed by atoms with Crippen molar-refractivity contribution >= 4 is 17.5 Å². The maximum atomic E-state index is 13.6. The van der Waals surface area contributed by atoms with E-state index in [9.17, 15) is 13.6 Å². The molecule has 0 N–H and O–H groups in total. The molecule has 0 unspecified atom stereocenters. The topological polar surface area (TPSA) is 20.3 Å². The Kier molecular flexibility index (Phi) is 4.17. The lowest BCUT2D eigenvalue weighted by Crippen LogP contribution is -2.45. The van der Waals surface area contributed by atoms with Crippen LogP contribution in [-0.4, -0.2) is 29.3 Å². The number of rotatable bonds is 4. The van der Waals surface area contributed by atoms with E-state index in [1.165, 1.54) is 12.1 Å². The highest BCUT2D eigenvalue weighted by molar-refractivity contribution is 6.18. The molecule has 1 aromatic rings. The van der Waals surface area contributed by atoms with E-state index < -0.39 is 17.5 Å². The summed E-state index contributed by atoms with van der Waals surface area (Å²) in [7, 11) is 0. The van der Waals surface area contributed by atoms with Gasteiger partial charge in [0.2, 0.25) is 0 Å². The molecule has 1 amide bonds. The van der Waals surface area contributed by atoms with Crippen molar-refractivity contribution < 1.29 is 13.6 Å². The van der Waals surface area contributed by atoms with Crippen LogP contribution < -0.4 is 0 Å². The van der Waals surface area contributed by atoms with Crippen LogP contribution in [-0.2, 0) is 0 Å². The molecule has 0 atom stereocenters. The molecule has 2 rings (SSSR count). The van der Waals surface area contributed by atoms with Gasteiger partial charge in [0, 0.05) is 18.5 Å². The van der Waals surface area contributed by atoms with Gasteiger partial charge in [-0.1, -0.05) is 6.07 Å². The number of amides is 1. The molecule has 0 aromatic heterocycles. The third kappa shape index (κ3) is 2.48. The van der Waals surface area contributed by atoms with E-state index in [2.05, 4.69) is 0 Å². The van der Waals surface area contributed by atoms with Gasteiger partial charge < -0.3 is 4.90 Å². The summed E-state index contributed by atoms with van der Waals surface area (Å²) >= 11 is 5.66. The SMILES string of the molecule is O=C(c1cccc(F)c1F)N(CCCl)C1CCC1. The third-order valence-corrected chi connectivity index (χ3v) is 3.45. The zero-order valence-electron chi connectivity index (χ0n) is 9.83. The predicted octanol–water partition coefficient (Wildman–Crippen LogP) is 3.20. The molecule has 1 fully saturated rings. The Morgan fingerprint density at radius 2 is 2.11 bits per heavy atom. The van der Waals surface area contributed by atoms with Crippen LogP contribution in [0.4, 0.5) is 8.78 Å². The Balaban J connectivity index is 2.24. The summed E-state index contributed by atoms with van der Waals surface area (Å²) in [6.07, 6.45) is 2.86. The largest absolute Gasteiger partial charge is 0.334 e. The molecule has 0 aliphatic heterocycles. The average molecular weight is 274 g/mol. The molecule has 1 aliphatic rings. The third-order valence-electron chi connectivity index (χ3n) is 3.28. The first-order valence-electron chi connectivity index (χ1n) is 5.96. The first-order valence-corrected chi connectivity index (χ1v) is 6.49. The van der Waals surface area contributed by atoms with Crippen LogP contribution in [0.25, 0.3) is 0 Å². The van der Waals surface area contributed by atoms with Crippen LogP contribution in [0, 0.1) is 11.6 Å². The molecule has 98 valence electrons. The van der Waals surface area contributed by atoms with Crippen LogP contribution >= 0.6 is 11.6 Å². The summed E-state index contributed by atoms with van der Waals surface area (Å²) in [5.74, 6) is -2.27. The fraction of sp³-hybridized carbons (Fsp3) is 0.462. The van der Waals surface area contributed by atoms with Gasteiger partial charge in [0.15, 0.2) is 11.6 Å². The maximum absolute atomic E-state index is 13.6. The minimum Gasteiger partial charge on any atom is -0.334 e. The lowest BCUT2D eigenvalue weighted by Gasteiger charge is -2.37. The average Bonchev–Trinajstić information content (AvgIpc) is 2.29. The minimum absolute atomic E-state index is 0.110. The number of nitrogens with zero attached hydrogens (tertiary/aromatic N) is 1. The normalized spacial score (nSPS) is 15.3. The number of alkyl halides is 1. The van der Waals surface area contributed by atoms with Crippen molar-refractivity contribution in [3.05, 3.63) is 35.4 Å². The number of hydrogen-bond acceptors (Lipinski definition) is 1. The summed E-state index contributed by atoms with van der Waals surface area (Å²) < 4.78 is 26.7. The Bertz CT molecular complexity index is 449. The second kappa shape index (κ2) is 5.65. The minimum atomic E-state index is -1.08. The van der Waals surface area contributed by atoms with E-state index in [1.807, 2.05) is 0 Å². The molecule has 1 aromatic carbocycles. The van der Waals surface area contributed by atoms with E-state index in [-0.39, 0.29) is 11.6 Å². The molecule has 1 aliphatic carbocycles. The van der Waals surface area contributed by atoms with Crippen molar-refractivity contribution in [3.63, 3.8) is 0 Å². The van der Waals surface area contributed by atoms with Gasteiger partial charge in [0.25, 0.3) is 5.91 Å². The molecule has 0 radical (unpaired) electrons. The number of hydrogen-bond donors (Lipinski definition) is 0. The van der Waals surface area contributed by atoms with Crippen LogP contribution in [0.1, 0.15) is 29.6 Å². The van der Waals surface area contributed by atoms with Crippen molar-refractivity contribution in [2.24, 2.45) is 0 Å². The first-order chi connectivity index (χ1) is 8.65. The molecule has 1 saturated carbocycles. The van der Waals surface area contributed by atoms with Crippen LogP contribution in [0.2, 0.25) is 0 Å². The van der Waals surface area contributed by atoms with Crippen molar-refractivity contribution in [2.75, 3.05) is 12.4 Å². The highest BCUT2D eigenvalue weighted by Crippen LogP contribution is 2.27. The number of halogens is 3. The predicted molar refractivity (Wildman–Crippen MR) is 65.8 cm³/mol. The van der Waals surface area contributed by atoms with Gasteiger partial charge in [0.05, 0.1) is 5.56 Å². The van der Waals surface area contributed by atoms with E-state index in [0.29, 0.717) is 12.4 Å². The van der Waals surface area contributed by atoms with E-state index in [4.69, 9.17) is 11.6 Å². The lowest BCUT2D eigenvalue weighted by atomic mass is 9.91. The molecule has 5 heteroatoms. The van der Waals surface area contributed by atoms with E-state index >= 15 is 0 Å². The van der Waals surface area contributed by atoms with Gasteiger partial charge in [-0.25, -0.2) is 8.78 Å². The van der Waals surface area contributed by atoms with Gasteiger partial charge in [0.1, 0.15) is 0 Å². The summed E-state index contributed by atoms with van der Waals surface area (Å²) in [4.78, 5) is 13.8. The van der Waals surface area contributed by atoms with Crippen LogP contribution in [0.3, 0.4) is 0 Å². The van der Waals surface area contributed by atoms with Gasteiger partial charge in [-0.2, -0.15) is 0 Å². The maximum Gasteiger partial charge on any atom is 0.257 e. The molecular formula is C13H14ClF2NO. The smallest absolute Gasteiger partial charge is 0.257 e. The van der Waals surface area contributed by atoms with Gasteiger partial charge in [-0.3, -0.25) is 4.79 Å². The first kappa shape index (κ1) is 13.3. The van der Waals surface area contributed by atoms with Crippen molar-refractivity contribution in [1.29, 1.82) is 0 Å². The summed E-state index contributed by atoms with van der Waals surface area (Å²) in [6.45, 7) is 0.362. The zero-order valence-corrected chi connectivity index (χ0v) is 10.6. The fourth-order valence-corrected chi connectivity index (χ4v) is 2.25. The molecule has 18 heavy (non-hydrogen) atoms. The molecule has 2 nitrogen and oxygen atoms in total. The van der Waals surface area contributed by atoms with Gasteiger partial charge in [-0.15, -0.1) is 11.6 Å². The highest BCUT2D eigenvalue weighted by atomic mass is 35.5. The summed E-state index contributed by atoms with van der Waals surface area (Å²) in [5, 5.41) is 0. The molecule has 0 saturated heterocycles.